The van der Waals surface area contributed by atoms with E-state index in [-0.39, 0.29) is 24.9 Å². The minimum absolute atomic E-state index is 0.0728. The molecule has 0 atom stereocenters. The molecule has 2 aromatic heterocycles. The van der Waals surface area contributed by atoms with Gasteiger partial charge in [0.15, 0.2) is 5.65 Å². The highest BCUT2D eigenvalue weighted by molar-refractivity contribution is 5.85. The second-order valence-electron chi connectivity index (χ2n) is 4.13. The molecule has 0 spiro atoms. The number of pyridine rings is 1. The molecular weight excluding hydrogens is 260 g/mol. The van der Waals surface area contributed by atoms with Gasteiger partial charge in [0.1, 0.15) is 5.82 Å². The predicted octanol–water partition coefficient (Wildman–Crippen LogP) is -1.54. The maximum absolute atomic E-state index is 11.4. The van der Waals surface area contributed by atoms with Crippen LogP contribution in [0.15, 0.2) is 24.4 Å². The molecule has 0 aromatic carbocycles. The topological polar surface area (TPSA) is 114 Å². The summed E-state index contributed by atoms with van der Waals surface area (Å²) in [5.41, 5.74) is 5.88. The number of nitrogens with zero attached hydrogens (tertiary/aromatic N) is 3. The second-order valence-corrected chi connectivity index (χ2v) is 4.13. The number of rotatable bonds is 6. The van der Waals surface area contributed by atoms with Gasteiger partial charge in [0.25, 0.3) is 0 Å². The molecule has 0 aliphatic rings. The summed E-state index contributed by atoms with van der Waals surface area (Å²) >= 11 is 0. The minimum Gasteiger partial charge on any atom is -0.354 e. The van der Waals surface area contributed by atoms with Gasteiger partial charge in [0.2, 0.25) is 11.8 Å². The third-order valence-corrected chi connectivity index (χ3v) is 2.69. The summed E-state index contributed by atoms with van der Waals surface area (Å²) in [6.45, 7) is 0.225. The number of carbonyl (C=O) groups is 2. The van der Waals surface area contributed by atoms with E-state index < -0.39 is 0 Å². The van der Waals surface area contributed by atoms with Gasteiger partial charge in [0, 0.05) is 19.2 Å². The van der Waals surface area contributed by atoms with Crippen molar-refractivity contribution in [3.05, 3.63) is 30.2 Å². The van der Waals surface area contributed by atoms with Crippen molar-refractivity contribution in [3.63, 3.8) is 0 Å². The maximum atomic E-state index is 11.4. The van der Waals surface area contributed by atoms with Gasteiger partial charge in [-0.15, -0.1) is 10.2 Å². The normalized spacial score (nSPS) is 10.4. The number of fused-ring (bicyclic) bond motifs is 1. The first-order valence-corrected chi connectivity index (χ1v) is 6.23. The Balaban J connectivity index is 1.78. The Hall–Kier alpha value is -2.48. The molecule has 8 nitrogen and oxygen atoms in total. The molecule has 0 saturated heterocycles. The summed E-state index contributed by atoms with van der Waals surface area (Å²) < 4.78 is 1.86. The van der Waals surface area contributed by atoms with Crippen LogP contribution in [-0.4, -0.2) is 46.0 Å². The standard InChI is InChI=1S/C12H16N6O2/c13-7-11(19)15-8-12(20)14-5-4-10-17-16-9-3-1-2-6-18(9)10/h1-3,6H,4-5,7-8,13H2,(H,14,20)(H,15,19). The number of carbonyl (C=O) groups excluding carboxylic acids is 2. The molecule has 2 amide bonds. The molecule has 4 N–H and O–H groups in total. The Bertz CT molecular complexity index is 609. The summed E-state index contributed by atoms with van der Waals surface area (Å²) in [5, 5.41) is 13.2. The van der Waals surface area contributed by atoms with Crippen molar-refractivity contribution in [2.75, 3.05) is 19.6 Å². The average molecular weight is 276 g/mol. The van der Waals surface area contributed by atoms with Crippen molar-refractivity contribution in [1.29, 1.82) is 0 Å². The SMILES string of the molecule is NCC(=O)NCC(=O)NCCc1nnc2ccccn12. The van der Waals surface area contributed by atoms with Crippen LogP contribution in [0.1, 0.15) is 5.82 Å². The fourth-order valence-electron chi connectivity index (χ4n) is 1.69. The zero-order valence-electron chi connectivity index (χ0n) is 10.9. The number of nitrogens with two attached hydrogens (primary N) is 1. The summed E-state index contributed by atoms with van der Waals surface area (Å²) in [4.78, 5) is 22.3. The van der Waals surface area contributed by atoms with Crippen molar-refractivity contribution in [2.45, 2.75) is 6.42 Å². The summed E-state index contributed by atoms with van der Waals surface area (Å²) in [6, 6.07) is 5.63. The van der Waals surface area contributed by atoms with Crippen LogP contribution < -0.4 is 16.4 Å². The first-order chi connectivity index (χ1) is 9.70. The fraction of sp³-hybridized carbons (Fsp3) is 0.333. The quantitative estimate of drug-likeness (QED) is 0.592. The molecule has 2 heterocycles. The molecule has 0 bridgehead atoms. The van der Waals surface area contributed by atoms with Gasteiger partial charge in [0.05, 0.1) is 13.1 Å². The van der Waals surface area contributed by atoms with E-state index in [1.54, 1.807) is 0 Å². The zero-order chi connectivity index (χ0) is 14.4. The van der Waals surface area contributed by atoms with Crippen molar-refractivity contribution >= 4 is 17.5 Å². The van der Waals surface area contributed by atoms with Gasteiger partial charge in [-0.3, -0.25) is 14.0 Å². The minimum atomic E-state index is -0.358. The smallest absolute Gasteiger partial charge is 0.239 e. The molecule has 0 aliphatic heterocycles. The largest absolute Gasteiger partial charge is 0.354 e. The van der Waals surface area contributed by atoms with Gasteiger partial charge >= 0.3 is 0 Å². The van der Waals surface area contributed by atoms with Crippen LogP contribution in [0.5, 0.6) is 0 Å². The van der Waals surface area contributed by atoms with E-state index in [2.05, 4.69) is 20.8 Å². The highest BCUT2D eigenvalue weighted by atomic mass is 16.2. The highest BCUT2D eigenvalue weighted by Crippen LogP contribution is 2.02. The monoisotopic (exact) mass is 276 g/mol. The van der Waals surface area contributed by atoms with Gasteiger partial charge in [-0.25, -0.2) is 0 Å². The van der Waals surface area contributed by atoms with Crippen LogP contribution in [0.4, 0.5) is 0 Å². The zero-order valence-corrected chi connectivity index (χ0v) is 10.9. The fourth-order valence-corrected chi connectivity index (χ4v) is 1.69. The lowest BCUT2D eigenvalue weighted by molar-refractivity contribution is -0.125. The van der Waals surface area contributed by atoms with Crippen LogP contribution in [0.3, 0.4) is 0 Å². The van der Waals surface area contributed by atoms with Gasteiger partial charge in [-0.1, -0.05) is 6.07 Å². The van der Waals surface area contributed by atoms with Crippen molar-refractivity contribution in [3.8, 4) is 0 Å². The Labute approximate surface area is 115 Å². The lowest BCUT2D eigenvalue weighted by Crippen LogP contribution is -2.40. The highest BCUT2D eigenvalue weighted by Gasteiger charge is 2.06. The maximum Gasteiger partial charge on any atom is 0.239 e. The first kappa shape index (κ1) is 13.9. The van der Waals surface area contributed by atoms with E-state index in [4.69, 9.17) is 5.73 Å². The van der Waals surface area contributed by atoms with E-state index >= 15 is 0 Å². The average Bonchev–Trinajstić information content (AvgIpc) is 2.88. The Morgan fingerprint density at radius 3 is 2.85 bits per heavy atom. The van der Waals surface area contributed by atoms with Crippen molar-refractivity contribution < 1.29 is 9.59 Å². The van der Waals surface area contributed by atoms with Gasteiger partial charge in [-0.2, -0.15) is 0 Å². The molecule has 8 heteroatoms. The lowest BCUT2D eigenvalue weighted by Gasteiger charge is -2.05. The molecule has 0 saturated carbocycles. The third-order valence-electron chi connectivity index (χ3n) is 2.69. The van der Waals surface area contributed by atoms with Crippen LogP contribution in [0.25, 0.3) is 5.65 Å². The van der Waals surface area contributed by atoms with Crippen LogP contribution in [0.2, 0.25) is 0 Å². The summed E-state index contributed by atoms with van der Waals surface area (Å²) in [5.74, 6) is 0.149. The van der Waals surface area contributed by atoms with Crippen molar-refractivity contribution in [1.82, 2.24) is 25.2 Å². The Morgan fingerprint density at radius 2 is 2.05 bits per heavy atom. The number of aromatic nitrogens is 3. The molecule has 2 aromatic rings. The molecule has 0 fully saturated rings. The van der Waals surface area contributed by atoms with E-state index in [1.165, 1.54) is 0 Å². The van der Waals surface area contributed by atoms with Gasteiger partial charge in [-0.05, 0) is 12.1 Å². The van der Waals surface area contributed by atoms with E-state index in [0.29, 0.717) is 13.0 Å². The van der Waals surface area contributed by atoms with Crippen LogP contribution in [0, 0.1) is 0 Å². The Kier molecular flexibility index (Phi) is 4.61. The molecule has 0 unspecified atom stereocenters. The van der Waals surface area contributed by atoms with Crippen molar-refractivity contribution in [2.24, 2.45) is 5.73 Å². The number of hydrogen-bond acceptors (Lipinski definition) is 5. The number of amides is 2. The second kappa shape index (κ2) is 6.62. The first-order valence-electron chi connectivity index (χ1n) is 6.23. The molecule has 0 aliphatic carbocycles. The van der Waals surface area contributed by atoms with E-state index in [1.807, 2.05) is 28.8 Å². The molecule has 106 valence electrons. The van der Waals surface area contributed by atoms with Gasteiger partial charge < -0.3 is 16.4 Å². The Morgan fingerprint density at radius 1 is 1.20 bits per heavy atom. The number of hydrogen-bond donors (Lipinski definition) is 3. The van der Waals surface area contributed by atoms with Crippen LogP contribution >= 0.6 is 0 Å². The molecule has 0 radical (unpaired) electrons. The number of nitrogens with one attached hydrogen (secondary N) is 2. The molecule has 20 heavy (non-hydrogen) atoms. The van der Waals surface area contributed by atoms with E-state index in [9.17, 15) is 9.59 Å². The third kappa shape index (κ3) is 3.51. The lowest BCUT2D eigenvalue weighted by atomic mass is 10.3. The molecular formula is C12H16N6O2. The summed E-state index contributed by atoms with van der Waals surface area (Å²) in [6.07, 6.45) is 2.43. The van der Waals surface area contributed by atoms with E-state index in [0.717, 1.165) is 11.5 Å². The summed E-state index contributed by atoms with van der Waals surface area (Å²) in [7, 11) is 0. The predicted molar refractivity (Wildman–Crippen MR) is 71.8 cm³/mol. The molecule has 2 rings (SSSR count). The van der Waals surface area contributed by atoms with Crippen LogP contribution in [-0.2, 0) is 16.0 Å².